The maximum absolute atomic E-state index is 10.2. The summed E-state index contributed by atoms with van der Waals surface area (Å²) in [5, 5.41) is 13.8. The van der Waals surface area contributed by atoms with Crippen molar-refractivity contribution in [1.29, 1.82) is 0 Å². The molecule has 3 unspecified atom stereocenters. The molecule has 0 spiro atoms. The molecule has 1 fully saturated rings. The van der Waals surface area contributed by atoms with Crippen LogP contribution in [-0.4, -0.2) is 30.1 Å². The number of rotatable bonds is 3. The molecule has 2 aliphatic rings. The van der Waals surface area contributed by atoms with E-state index in [1.807, 2.05) is 19.9 Å². The second-order valence-corrected chi connectivity index (χ2v) is 6.78. The summed E-state index contributed by atoms with van der Waals surface area (Å²) in [6, 6.07) is 4.00. The summed E-state index contributed by atoms with van der Waals surface area (Å²) in [4.78, 5) is 0. The first-order chi connectivity index (χ1) is 9.87. The van der Waals surface area contributed by atoms with E-state index in [1.165, 1.54) is 11.1 Å². The molecular formula is C17H25NO3. The number of hydrogen-bond donors (Lipinski definition) is 2. The van der Waals surface area contributed by atoms with Crippen LogP contribution >= 0.6 is 0 Å². The van der Waals surface area contributed by atoms with Gasteiger partial charge in [-0.25, -0.2) is 0 Å². The Morgan fingerprint density at radius 3 is 2.76 bits per heavy atom. The molecule has 0 amide bonds. The average molecular weight is 291 g/mol. The number of phenols is 1. The van der Waals surface area contributed by atoms with Crippen LogP contribution in [0.1, 0.15) is 55.8 Å². The van der Waals surface area contributed by atoms with E-state index >= 15 is 0 Å². The van der Waals surface area contributed by atoms with Crippen molar-refractivity contribution in [3.63, 3.8) is 0 Å². The van der Waals surface area contributed by atoms with Gasteiger partial charge in [0.2, 0.25) is 0 Å². The van der Waals surface area contributed by atoms with E-state index in [4.69, 9.17) is 9.47 Å². The predicted octanol–water partition coefficient (Wildman–Crippen LogP) is 2.99. The SMILES string of the molecule is Cc1ccc(O)c2c1C(C)CC2NCC1COC(C)(C)O1. The van der Waals surface area contributed by atoms with E-state index in [-0.39, 0.29) is 12.1 Å². The number of hydrogen-bond acceptors (Lipinski definition) is 4. The quantitative estimate of drug-likeness (QED) is 0.899. The van der Waals surface area contributed by atoms with Crippen molar-refractivity contribution < 1.29 is 14.6 Å². The number of fused-ring (bicyclic) bond motifs is 1. The highest BCUT2D eigenvalue weighted by atomic mass is 16.7. The summed E-state index contributed by atoms with van der Waals surface area (Å²) in [5.41, 5.74) is 3.64. The third-order valence-corrected chi connectivity index (χ3v) is 4.57. The maximum atomic E-state index is 10.2. The molecule has 0 bridgehead atoms. The number of benzene rings is 1. The molecule has 1 aliphatic heterocycles. The van der Waals surface area contributed by atoms with Crippen molar-refractivity contribution in [3.05, 3.63) is 28.8 Å². The minimum atomic E-state index is -0.480. The fourth-order valence-corrected chi connectivity index (χ4v) is 3.67. The molecule has 0 aromatic heterocycles. The highest BCUT2D eigenvalue weighted by Gasteiger charge is 2.35. The topological polar surface area (TPSA) is 50.7 Å². The zero-order chi connectivity index (χ0) is 15.2. The number of aromatic hydroxyl groups is 1. The molecule has 21 heavy (non-hydrogen) atoms. The molecule has 0 saturated carbocycles. The van der Waals surface area contributed by atoms with Crippen LogP contribution in [0, 0.1) is 6.92 Å². The molecule has 1 aromatic rings. The number of nitrogens with one attached hydrogen (secondary N) is 1. The first-order valence-electron chi connectivity index (χ1n) is 7.75. The van der Waals surface area contributed by atoms with Gasteiger partial charge in [-0.15, -0.1) is 0 Å². The van der Waals surface area contributed by atoms with Crippen LogP contribution in [0.25, 0.3) is 0 Å². The lowest BCUT2D eigenvalue weighted by Gasteiger charge is -2.20. The van der Waals surface area contributed by atoms with Gasteiger partial charge in [0.15, 0.2) is 5.79 Å². The first kappa shape index (κ1) is 14.8. The predicted molar refractivity (Wildman–Crippen MR) is 81.5 cm³/mol. The normalized spacial score (nSPS) is 30.6. The Balaban J connectivity index is 1.71. The number of phenolic OH excluding ortho intramolecular Hbond substituents is 1. The number of ether oxygens (including phenoxy) is 2. The monoisotopic (exact) mass is 291 g/mol. The molecule has 4 heteroatoms. The molecular weight excluding hydrogens is 266 g/mol. The lowest BCUT2D eigenvalue weighted by Crippen LogP contribution is -2.32. The van der Waals surface area contributed by atoms with Gasteiger partial charge in [0, 0.05) is 18.2 Å². The van der Waals surface area contributed by atoms with E-state index in [1.54, 1.807) is 6.07 Å². The minimum Gasteiger partial charge on any atom is -0.508 e. The summed E-state index contributed by atoms with van der Waals surface area (Å²) in [7, 11) is 0. The summed E-state index contributed by atoms with van der Waals surface area (Å²) < 4.78 is 11.4. The lowest BCUT2D eigenvalue weighted by molar-refractivity contribution is -0.137. The number of aryl methyl sites for hydroxylation is 1. The molecule has 1 heterocycles. The van der Waals surface area contributed by atoms with Crippen molar-refractivity contribution in [3.8, 4) is 5.75 Å². The van der Waals surface area contributed by atoms with Crippen molar-refractivity contribution in [2.45, 2.75) is 58.0 Å². The Hall–Kier alpha value is -1.10. The van der Waals surface area contributed by atoms with E-state index in [0.717, 1.165) is 18.5 Å². The Kier molecular flexibility index (Phi) is 3.72. The van der Waals surface area contributed by atoms with Gasteiger partial charge in [0.25, 0.3) is 0 Å². The summed E-state index contributed by atoms with van der Waals surface area (Å²) in [6.45, 7) is 9.59. The van der Waals surface area contributed by atoms with Crippen LogP contribution in [0.4, 0.5) is 0 Å². The first-order valence-corrected chi connectivity index (χ1v) is 7.75. The maximum Gasteiger partial charge on any atom is 0.163 e. The molecule has 0 radical (unpaired) electrons. The Bertz CT molecular complexity index is 541. The molecule has 4 nitrogen and oxygen atoms in total. The Morgan fingerprint density at radius 2 is 2.10 bits per heavy atom. The molecule has 116 valence electrons. The zero-order valence-electron chi connectivity index (χ0n) is 13.3. The van der Waals surface area contributed by atoms with E-state index in [9.17, 15) is 5.11 Å². The Labute approximate surface area is 126 Å². The second kappa shape index (κ2) is 5.27. The highest BCUT2D eigenvalue weighted by molar-refractivity contribution is 5.50. The van der Waals surface area contributed by atoms with Crippen molar-refractivity contribution in [2.24, 2.45) is 0 Å². The molecule has 2 N–H and O–H groups in total. The average Bonchev–Trinajstić information content (AvgIpc) is 2.92. The van der Waals surface area contributed by atoms with Gasteiger partial charge in [0.05, 0.1) is 12.7 Å². The van der Waals surface area contributed by atoms with Gasteiger partial charge in [-0.3, -0.25) is 0 Å². The van der Waals surface area contributed by atoms with Gasteiger partial charge in [0.1, 0.15) is 5.75 Å². The van der Waals surface area contributed by atoms with Crippen molar-refractivity contribution in [2.75, 3.05) is 13.2 Å². The van der Waals surface area contributed by atoms with Crippen LogP contribution in [-0.2, 0) is 9.47 Å². The smallest absolute Gasteiger partial charge is 0.163 e. The molecule has 1 saturated heterocycles. The van der Waals surface area contributed by atoms with Crippen LogP contribution in [0.3, 0.4) is 0 Å². The van der Waals surface area contributed by atoms with Gasteiger partial charge < -0.3 is 19.9 Å². The third-order valence-electron chi connectivity index (χ3n) is 4.57. The van der Waals surface area contributed by atoms with Crippen LogP contribution in [0.5, 0.6) is 5.75 Å². The third kappa shape index (κ3) is 2.80. The largest absolute Gasteiger partial charge is 0.508 e. The standard InChI is InChI=1S/C17H25NO3/c1-10-5-6-14(19)16-13(7-11(2)15(10)16)18-8-12-9-20-17(3,4)21-12/h5-6,11-13,18-19H,7-9H2,1-4H3. The molecule has 1 aromatic carbocycles. The van der Waals surface area contributed by atoms with Gasteiger partial charge in [-0.1, -0.05) is 13.0 Å². The highest BCUT2D eigenvalue weighted by Crippen LogP contribution is 2.45. The fraction of sp³-hybridized carbons (Fsp3) is 0.647. The zero-order valence-corrected chi connectivity index (χ0v) is 13.3. The van der Waals surface area contributed by atoms with Crippen LogP contribution in [0.2, 0.25) is 0 Å². The van der Waals surface area contributed by atoms with Gasteiger partial charge in [-0.05, 0) is 50.3 Å². The molecule has 3 rings (SSSR count). The minimum absolute atomic E-state index is 0.0753. The summed E-state index contributed by atoms with van der Waals surface area (Å²) >= 11 is 0. The Morgan fingerprint density at radius 1 is 1.33 bits per heavy atom. The van der Waals surface area contributed by atoms with E-state index in [0.29, 0.717) is 18.3 Å². The molecule has 3 atom stereocenters. The van der Waals surface area contributed by atoms with E-state index in [2.05, 4.69) is 19.2 Å². The summed E-state index contributed by atoms with van der Waals surface area (Å²) in [5.74, 6) is 0.398. The fourth-order valence-electron chi connectivity index (χ4n) is 3.67. The molecule has 1 aliphatic carbocycles. The summed E-state index contributed by atoms with van der Waals surface area (Å²) in [6.07, 6.45) is 1.09. The van der Waals surface area contributed by atoms with Gasteiger partial charge >= 0.3 is 0 Å². The van der Waals surface area contributed by atoms with Gasteiger partial charge in [-0.2, -0.15) is 0 Å². The second-order valence-electron chi connectivity index (χ2n) is 6.78. The van der Waals surface area contributed by atoms with Crippen molar-refractivity contribution >= 4 is 0 Å². The van der Waals surface area contributed by atoms with Crippen LogP contribution < -0.4 is 5.32 Å². The van der Waals surface area contributed by atoms with Crippen molar-refractivity contribution in [1.82, 2.24) is 5.32 Å². The van der Waals surface area contributed by atoms with Crippen LogP contribution in [0.15, 0.2) is 12.1 Å². The lowest BCUT2D eigenvalue weighted by atomic mass is 9.97. The van der Waals surface area contributed by atoms with E-state index < -0.39 is 5.79 Å².